The Kier molecular flexibility index (Phi) is 4.78. The lowest BCUT2D eigenvalue weighted by molar-refractivity contribution is 0.0916. The summed E-state index contributed by atoms with van der Waals surface area (Å²) < 4.78 is 5.04. The standard InChI is InChI=1S/C14H22N2O3/c1-14(2,16(3)4)9-15-13(18)11-8-10(19-5)6-7-12(11)17/h6-8,17H,9H2,1-5H3,(H,15,18). The average molecular weight is 266 g/mol. The molecule has 0 radical (unpaired) electrons. The molecule has 1 aromatic carbocycles. The van der Waals surface area contributed by atoms with Gasteiger partial charge in [0, 0.05) is 12.1 Å². The molecule has 0 saturated heterocycles. The third-order valence-corrected chi connectivity index (χ3v) is 3.34. The number of phenols is 1. The van der Waals surface area contributed by atoms with Crippen molar-refractivity contribution in [3.8, 4) is 11.5 Å². The van der Waals surface area contributed by atoms with E-state index in [-0.39, 0.29) is 22.8 Å². The van der Waals surface area contributed by atoms with Crippen LogP contribution in [0.4, 0.5) is 0 Å². The van der Waals surface area contributed by atoms with E-state index < -0.39 is 0 Å². The lowest BCUT2D eigenvalue weighted by Crippen LogP contribution is -2.48. The lowest BCUT2D eigenvalue weighted by atomic mass is 10.0. The molecule has 0 bridgehead atoms. The van der Waals surface area contributed by atoms with Crippen molar-refractivity contribution < 1.29 is 14.6 Å². The molecular weight excluding hydrogens is 244 g/mol. The van der Waals surface area contributed by atoms with Crippen LogP contribution < -0.4 is 10.1 Å². The molecule has 0 aliphatic rings. The Labute approximate surface area is 114 Å². The smallest absolute Gasteiger partial charge is 0.255 e. The van der Waals surface area contributed by atoms with Gasteiger partial charge in [-0.3, -0.25) is 4.79 Å². The van der Waals surface area contributed by atoms with Crippen LogP contribution in [0.5, 0.6) is 11.5 Å². The monoisotopic (exact) mass is 266 g/mol. The summed E-state index contributed by atoms with van der Waals surface area (Å²) >= 11 is 0. The zero-order valence-electron chi connectivity index (χ0n) is 12.2. The lowest BCUT2D eigenvalue weighted by Gasteiger charge is -2.32. The number of carbonyl (C=O) groups is 1. The van der Waals surface area contributed by atoms with E-state index in [1.165, 1.54) is 19.2 Å². The number of nitrogens with zero attached hydrogens (tertiary/aromatic N) is 1. The highest BCUT2D eigenvalue weighted by Gasteiger charge is 2.22. The predicted molar refractivity (Wildman–Crippen MR) is 74.8 cm³/mol. The highest BCUT2D eigenvalue weighted by atomic mass is 16.5. The molecule has 1 amide bonds. The van der Waals surface area contributed by atoms with Crippen molar-refractivity contribution in [2.24, 2.45) is 0 Å². The van der Waals surface area contributed by atoms with Crippen LogP contribution >= 0.6 is 0 Å². The van der Waals surface area contributed by atoms with Gasteiger partial charge < -0.3 is 20.1 Å². The maximum absolute atomic E-state index is 12.1. The van der Waals surface area contributed by atoms with Gasteiger partial charge in [-0.05, 0) is 46.1 Å². The number of hydrogen-bond donors (Lipinski definition) is 2. The predicted octanol–water partition coefficient (Wildman–Crippen LogP) is 1.47. The molecule has 19 heavy (non-hydrogen) atoms. The molecule has 1 aromatic rings. The van der Waals surface area contributed by atoms with Gasteiger partial charge in [0.25, 0.3) is 5.91 Å². The molecule has 2 N–H and O–H groups in total. The van der Waals surface area contributed by atoms with Crippen LogP contribution in [-0.2, 0) is 0 Å². The number of phenolic OH excluding ortho intramolecular Hbond substituents is 1. The van der Waals surface area contributed by atoms with E-state index in [4.69, 9.17) is 4.74 Å². The zero-order chi connectivity index (χ0) is 14.6. The van der Waals surface area contributed by atoms with Gasteiger partial charge in [-0.15, -0.1) is 0 Å². The fraction of sp³-hybridized carbons (Fsp3) is 0.500. The molecule has 0 fully saturated rings. The third-order valence-electron chi connectivity index (χ3n) is 3.34. The SMILES string of the molecule is COc1ccc(O)c(C(=O)NCC(C)(C)N(C)C)c1. The van der Waals surface area contributed by atoms with Crippen LogP contribution in [0, 0.1) is 0 Å². The summed E-state index contributed by atoms with van der Waals surface area (Å²) in [4.78, 5) is 14.1. The number of carbonyl (C=O) groups excluding carboxylic acids is 1. The van der Waals surface area contributed by atoms with E-state index in [0.717, 1.165) is 0 Å². The number of nitrogens with one attached hydrogen (secondary N) is 1. The first-order chi connectivity index (χ1) is 8.77. The Hall–Kier alpha value is -1.75. The molecule has 0 heterocycles. The Morgan fingerprint density at radius 3 is 2.58 bits per heavy atom. The van der Waals surface area contributed by atoms with Gasteiger partial charge in [-0.1, -0.05) is 0 Å². The van der Waals surface area contributed by atoms with E-state index >= 15 is 0 Å². The summed E-state index contributed by atoms with van der Waals surface area (Å²) in [7, 11) is 5.42. The van der Waals surface area contributed by atoms with Crippen molar-refractivity contribution in [1.29, 1.82) is 0 Å². The van der Waals surface area contributed by atoms with Gasteiger partial charge >= 0.3 is 0 Å². The maximum Gasteiger partial charge on any atom is 0.255 e. The van der Waals surface area contributed by atoms with Gasteiger partial charge in [0.15, 0.2) is 0 Å². The minimum absolute atomic E-state index is 0.0547. The van der Waals surface area contributed by atoms with E-state index in [1.54, 1.807) is 6.07 Å². The Bertz CT molecular complexity index is 456. The van der Waals surface area contributed by atoms with E-state index in [2.05, 4.69) is 5.32 Å². The van der Waals surface area contributed by atoms with Crippen molar-refractivity contribution in [1.82, 2.24) is 10.2 Å². The summed E-state index contributed by atoms with van der Waals surface area (Å²) in [6, 6.07) is 4.58. The average Bonchev–Trinajstić information content (AvgIpc) is 2.36. The van der Waals surface area contributed by atoms with Gasteiger partial charge in [0.2, 0.25) is 0 Å². The Morgan fingerprint density at radius 1 is 1.42 bits per heavy atom. The molecular formula is C14H22N2O3. The molecule has 5 heteroatoms. The van der Waals surface area contributed by atoms with Crippen LogP contribution in [-0.4, -0.2) is 49.2 Å². The van der Waals surface area contributed by atoms with Gasteiger partial charge in [0.1, 0.15) is 11.5 Å². The normalized spacial score (nSPS) is 11.5. The molecule has 0 unspecified atom stereocenters. The van der Waals surface area contributed by atoms with Crippen LogP contribution in [0.15, 0.2) is 18.2 Å². The number of methoxy groups -OCH3 is 1. The summed E-state index contributed by atoms with van der Waals surface area (Å²) in [5.74, 6) is 0.169. The van der Waals surface area contributed by atoms with Crippen LogP contribution in [0.25, 0.3) is 0 Å². The number of likely N-dealkylation sites (N-methyl/N-ethyl adjacent to an activating group) is 1. The third kappa shape index (κ3) is 3.86. The number of aromatic hydroxyl groups is 1. The summed E-state index contributed by atoms with van der Waals surface area (Å²) in [6.45, 7) is 4.53. The second-order valence-electron chi connectivity index (χ2n) is 5.27. The maximum atomic E-state index is 12.1. The van der Waals surface area contributed by atoms with Crippen molar-refractivity contribution in [2.75, 3.05) is 27.7 Å². The fourth-order valence-corrected chi connectivity index (χ4v) is 1.37. The molecule has 0 saturated carbocycles. The molecule has 0 atom stereocenters. The molecule has 106 valence electrons. The first-order valence-corrected chi connectivity index (χ1v) is 6.10. The quantitative estimate of drug-likeness (QED) is 0.847. The number of ether oxygens (including phenoxy) is 1. The second-order valence-corrected chi connectivity index (χ2v) is 5.27. The number of hydrogen-bond acceptors (Lipinski definition) is 4. The van der Waals surface area contributed by atoms with Gasteiger partial charge in [-0.2, -0.15) is 0 Å². The van der Waals surface area contributed by atoms with Crippen molar-refractivity contribution in [3.05, 3.63) is 23.8 Å². The highest BCUT2D eigenvalue weighted by Crippen LogP contribution is 2.22. The van der Waals surface area contributed by atoms with Crippen LogP contribution in [0.3, 0.4) is 0 Å². The molecule has 1 rings (SSSR count). The minimum atomic E-state index is -0.314. The highest BCUT2D eigenvalue weighted by molar-refractivity contribution is 5.97. The fourth-order valence-electron chi connectivity index (χ4n) is 1.37. The van der Waals surface area contributed by atoms with Gasteiger partial charge in [0.05, 0.1) is 12.7 Å². The molecule has 0 aliphatic carbocycles. The zero-order valence-corrected chi connectivity index (χ0v) is 12.2. The van der Waals surface area contributed by atoms with E-state index in [9.17, 15) is 9.90 Å². The van der Waals surface area contributed by atoms with Crippen LogP contribution in [0.1, 0.15) is 24.2 Å². The molecule has 0 aromatic heterocycles. The first-order valence-electron chi connectivity index (χ1n) is 6.10. The molecule has 5 nitrogen and oxygen atoms in total. The molecule has 0 spiro atoms. The van der Waals surface area contributed by atoms with Crippen molar-refractivity contribution in [3.63, 3.8) is 0 Å². The minimum Gasteiger partial charge on any atom is -0.507 e. The van der Waals surface area contributed by atoms with E-state index in [1.807, 2.05) is 32.8 Å². The summed E-state index contributed by atoms with van der Waals surface area (Å²) in [5, 5.41) is 12.5. The first kappa shape index (κ1) is 15.3. The summed E-state index contributed by atoms with van der Waals surface area (Å²) in [5.41, 5.74) is 0.0540. The summed E-state index contributed by atoms with van der Waals surface area (Å²) in [6.07, 6.45) is 0. The Morgan fingerprint density at radius 2 is 2.05 bits per heavy atom. The number of rotatable bonds is 5. The molecule has 0 aliphatic heterocycles. The van der Waals surface area contributed by atoms with E-state index in [0.29, 0.717) is 12.3 Å². The topological polar surface area (TPSA) is 61.8 Å². The number of benzene rings is 1. The van der Waals surface area contributed by atoms with Crippen LogP contribution in [0.2, 0.25) is 0 Å². The Balaban J connectivity index is 2.79. The number of amides is 1. The second kappa shape index (κ2) is 5.93. The van der Waals surface area contributed by atoms with Crippen molar-refractivity contribution >= 4 is 5.91 Å². The van der Waals surface area contributed by atoms with Crippen molar-refractivity contribution in [2.45, 2.75) is 19.4 Å². The largest absolute Gasteiger partial charge is 0.507 e. The van der Waals surface area contributed by atoms with Gasteiger partial charge in [-0.25, -0.2) is 0 Å².